The lowest BCUT2D eigenvalue weighted by atomic mass is 9.93. The van der Waals surface area contributed by atoms with Crippen molar-refractivity contribution >= 4 is 22.4 Å². The number of carbonyl (C=O) groups is 1. The van der Waals surface area contributed by atoms with Gasteiger partial charge in [-0.25, -0.2) is 4.98 Å². The zero-order chi connectivity index (χ0) is 16.4. The highest BCUT2D eigenvalue weighted by molar-refractivity contribution is 7.15. The Morgan fingerprint density at radius 2 is 2.17 bits per heavy atom. The first-order valence-corrected chi connectivity index (χ1v) is 8.84. The lowest BCUT2D eigenvalue weighted by Crippen LogP contribution is -2.45. The van der Waals surface area contributed by atoms with E-state index in [1.54, 1.807) is 6.20 Å². The molecule has 3 rings (SSSR count). The molecule has 1 aliphatic rings. The fourth-order valence-corrected chi connectivity index (χ4v) is 3.81. The van der Waals surface area contributed by atoms with Crippen molar-refractivity contribution in [3.05, 3.63) is 28.5 Å². The van der Waals surface area contributed by atoms with Gasteiger partial charge in [0, 0.05) is 22.7 Å². The number of thiazole rings is 1. The van der Waals surface area contributed by atoms with Crippen molar-refractivity contribution in [3.63, 3.8) is 0 Å². The van der Waals surface area contributed by atoms with Crippen LogP contribution < -0.4 is 5.32 Å². The number of aromatic nitrogens is 3. The lowest BCUT2D eigenvalue weighted by molar-refractivity contribution is -0.121. The molecule has 1 atom stereocenters. The fourth-order valence-electron chi connectivity index (χ4n) is 2.99. The van der Waals surface area contributed by atoms with Crippen LogP contribution in [-0.2, 0) is 4.79 Å². The van der Waals surface area contributed by atoms with E-state index in [4.69, 9.17) is 0 Å². The molecule has 0 bridgehead atoms. The molecule has 0 spiro atoms. The number of nitrogens with zero attached hydrogens (tertiary/aromatic N) is 3. The molecule has 0 unspecified atom stereocenters. The number of anilines is 1. The van der Waals surface area contributed by atoms with Crippen molar-refractivity contribution in [1.82, 2.24) is 20.1 Å². The van der Waals surface area contributed by atoms with Crippen LogP contribution in [0.4, 0.5) is 5.13 Å². The summed E-state index contributed by atoms with van der Waals surface area (Å²) in [5.74, 6) is 0.548. The van der Waals surface area contributed by atoms with Gasteiger partial charge in [0.25, 0.3) is 0 Å². The average molecular weight is 333 g/mol. The Bertz CT molecular complexity index is 639. The number of amides is 1. The number of rotatable bonds is 4. The fraction of sp³-hybridized carbons (Fsp3) is 0.562. The normalized spacial score (nSPS) is 18.0. The van der Waals surface area contributed by atoms with Crippen LogP contribution in [-0.4, -0.2) is 45.1 Å². The molecular formula is C16H23N5OS. The first-order chi connectivity index (χ1) is 11.0. The summed E-state index contributed by atoms with van der Waals surface area (Å²) in [5.41, 5.74) is 2.19. The highest BCUT2D eigenvalue weighted by Crippen LogP contribution is 2.27. The van der Waals surface area contributed by atoms with Crippen molar-refractivity contribution < 1.29 is 4.79 Å². The second kappa shape index (κ2) is 6.80. The molecule has 124 valence electrons. The van der Waals surface area contributed by atoms with Gasteiger partial charge in [-0.05, 0) is 52.8 Å². The number of carbonyl (C=O) groups excluding carboxylic acids is 1. The van der Waals surface area contributed by atoms with Gasteiger partial charge in [-0.15, -0.1) is 11.3 Å². The minimum Gasteiger partial charge on any atom is -0.301 e. The molecule has 7 heteroatoms. The smallest absolute Gasteiger partial charge is 0.243 e. The largest absolute Gasteiger partial charge is 0.301 e. The van der Waals surface area contributed by atoms with E-state index in [9.17, 15) is 4.79 Å². The molecule has 0 aliphatic carbocycles. The maximum atomic E-state index is 12.4. The Balaban J connectivity index is 1.54. The number of hydrogen-bond donors (Lipinski definition) is 2. The van der Waals surface area contributed by atoms with E-state index < -0.39 is 0 Å². The molecule has 0 aromatic carbocycles. The van der Waals surface area contributed by atoms with Crippen molar-refractivity contribution in [2.75, 3.05) is 18.4 Å². The van der Waals surface area contributed by atoms with Crippen LogP contribution in [0.15, 0.2) is 12.3 Å². The van der Waals surface area contributed by atoms with E-state index in [1.165, 1.54) is 17.0 Å². The summed E-state index contributed by atoms with van der Waals surface area (Å²) in [4.78, 5) is 20.2. The predicted molar refractivity (Wildman–Crippen MR) is 91.8 cm³/mol. The van der Waals surface area contributed by atoms with Gasteiger partial charge in [-0.2, -0.15) is 5.10 Å². The van der Waals surface area contributed by atoms with Gasteiger partial charge in [0.2, 0.25) is 5.91 Å². The van der Waals surface area contributed by atoms with E-state index in [0.29, 0.717) is 11.0 Å². The van der Waals surface area contributed by atoms with Crippen LogP contribution in [0.25, 0.3) is 0 Å². The number of aromatic amines is 1. The molecule has 6 nitrogen and oxygen atoms in total. The molecule has 2 aromatic rings. The van der Waals surface area contributed by atoms with Crippen molar-refractivity contribution in [2.45, 2.75) is 45.6 Å². The number of H-pyrrole nitrogens is 1. The minimum absolute atomic E-state index is 0.0266. The standard InChI is InChI=1S/C16H23N5OS/c1-10-12(3)23-16(18-10)19-15(22)11(2)21-8-5-13(6-9-21)14-4-7-17-20-14/h4,7,11,13H,5-6,8-9H2,1-3H3,(H,17,20)(H,18,19,22)/t11-/m0/s1. The van der Waals surface area contributed by atoms with E-state index in [0.717, 1.165) is 36.5 Å². The molecule has 1 fully saturated rings. The molecule has 23 heavy (non-hydrogen) atoms. The monoisotopic (exact) mass is 333 g/mol. The summed E-state index contributed by atoms with van der Waals surface area (Å²) in [6, 6.07) is 1.91. The molecule has 3 heterocycles. The molecular weight excluding hydrogens is 310 g/mol. The number of aryl methyl sites for hydroxylation is 2. The Kier molecular flexibility index (Phi) is 4.77. The zero-order valence-corrected chi connectivity index (χ0v) is 14.6. The third-order valence-corrected chi connectivity index (χ3v) is 5.67. The summed E-state index contributed by atoms with van der Waals surface area (Å²) in [7, 11) is 0. The zero-order valence-electron chi connectivity index (χ0n) is 13.8. The maximum Gasteiger partial charge on any atom is 0.243 e. The van der Waals surface area contributed by atoms with Gasteiger partial charge >= 0.3 is 0 Å². The summed E-state index contributed by atoms with van der Waals surface area (Å²) in [5, 5.41) is 10.7. The summed E-state index contributed by atoms with van der Waals surface area (Å²) >= 11 is 1.53. The molecule has 1 aliphatic heterocycles. The van der Waals surface area contributed by atoms with Gasteiger partial charge in [-0.1, -0.05) is 0 Å². The van der Waals surface area contributed by atoms with Crippen LogP contribution in [0.2, 0.25) is 0 Å². The Hall–Kier alpha value is -1.73. The Labute approximate surface area is 140 Å². The highest BCUT2D eigenvalue weighted by Gasteiger charge is 2.28. The Morgan fingerprint density at radius 3 is 2.74 bits per heavy atom. The van der Waals surface area contributed by atoms with E-state index in [1.807, 2.05) is 26.8 Å². The predicted octanol–water partition coefficient (Wildman–Crippen LogP) is 2.69. The summed E-state index contributed by atoms with van der Waals surface area (Å²) in [6.45, 7) is 7.80. The second-order valence-corrected chi connectivity index (χ2v) is 7.35. The minimum atomic E-state index is -0.137. The molecule has 2 aromatic heterocycles. The molecule has 1 saturated heterocycles. The van der Waals surface area contributed by atoms with E-state index in [2.05, 4.69) is 25.4 Å². The highest BCUT2D eigenvalue weighted by atomic mass is 32.1. The molecule has 1 amide bonds. The molecule has 2 N–H and O–H groups in total. The van der Waals surface area contributed by atoms with E-state index >= 15 is 0 Å². The van der Waals surface area contributed by atoms with Crippen molar-refractivity contribution in [3.8, 4) is 0 Å². The third-order valence-electron chi connectivity index (χ3n) is 4.68. The molecule has 0 saturated carbocycles. The van der Waals surface area contributed by atoms with Crippen LogP contribution in [0.1, 0.15) is 41.9 Å². The third kappa shape index (κ3) is 3.61. The van der Waals surface area contributed by atoms with Gasteiger partial charge in [0.05, 0.1) is 11.7 Å². The number of likely N-dealkylation sites (tertiary alicyclic amines) is 1. The molecule has 0 radical (unpaired) electrons. The van der Waals surface area contributed by atoms with Gasteiger partial charge < -0.3 is 5.32 Å². The van der Waals surface area contributed by atoms with Crippen LogP contribution in [0, 0.1) is 13.8 Å². The summed E-state index contributed by atoms with van der Waals surface area (Å²) < 4.78 is 0. The first kappa shape index (κ1) is 16.1. The van der Waals surface area contributed by atoms with Gasteiger partial charge in [0.15, 0.2) is 5.13 Å². The SMILES string of the molecule is Cc1nc(NC(=O)[C@H](C)N2CCC(c3ccn[nH]3)CC2)sc1C. The van der Waals surface area contributed by atoms with Crippen molar-refractivity contribution in [2.24, 2.45) is 0 Å². The number of piperidine rings is 1. The van der Waals surface area contributed by atoms with Crippen LogP contribution in [0.3, 0.4) is 0 Å². The van der Waals surface area contributed by atoms with Crippen LogP contribution >= 0.6 is 11.3 Å². The Morgan fingerprint density at radius 1 is 1.43 bits per heavy atom. The second-order valence-electron chi connectivity index (χ2n) is 6.15. The summed E-state index contributed by atoms with van der Waals surface area (Å²) in [6.07, 6.45) is 3.90. The quantitative estimate of drug-likeness (QED) is 0.902. The maximum absolute atomic E-state index is 12.4. The average Bonchev–Trinajstić information content (AvgIpc) is 3.17. The van der Waals surface area contributed by atoms with Gasteiger partial charge in [-0.3, -0.25) is 14.8 Å². The van der Waals surface area contributed by atoms with Crippen LogP contribution in [0.5, 0.6) is 0 Å². The topological polar surface area (TPSA) is 73.9 Å². The number of nitrogens with one attached hydrogen (secondary N) is 2. The lowest BCUT2D eigenvalue weighted by Gasteiger charge is -2.34. The van der Waals surface area contributed by atoms with Crippen molar-refractivity contribution in [1.29, 1.82) is 0 Å². The first-order valence-electron chi connectivity index (χ1n) is 8.03. The van der Waals surface area contributed by atoms with Gasteiger partial charge in [0.1, 0.15) is 0 Å². The van der Waals surface area contributed by atoms with E-state index in [-0.39, 0.29) is 11.9 Å². The number of hydrogen-bond acceptors (Lipinski definition) is 5.